The van der Waals surface area contributed by atoms with Crippen LogP contribution in [0, 0.1) is 6.92 Å². The molecule has 0 atom stereocenters. The highest BCUT2D eigenvalue weighted by molar-refractivity contribution is 7.90. The van der Waals surface area contributed by atoms with Crippen LogP contribution in [0.4, 0.5) is 0 Å². The predicted molar refractivity (Wildman–Crippen MR) is 106 cm³/mol. The quantitative estimate of drug-likeness (QED) is 0.568. The van der Waals surface area contributed by atoms with Crippen molar-refractivity contribution in [1.29, 1.82) is 0 Å². The van der Waals surface area contributed by atoms with Crippen LogP contribution in [0.15, 0.2) is 78.0 Å². The summed E-state index contributed by atoms with van der Waals surface area (Å²) in [4.78, 5) is 15.7. The molecular weight excluding hydrogens is 376 g/mol. The molecule has 0 aliphatic rings. The summed E-state index contributed by atoms with van der Waals surface area (Å²) in [5, 5.41) is 9.86. The summed E-state index contributed by atoms with van der Waals surface area (Å²) in [6.07, 6.45) is 2.99. The van der Waals surface area contributed by atoms with Crippen molar-refractivity contribution in [2.75, 3.05) is 0 Å². The number of rotatable bonds is 4. The molecule has 0 radical (unpaired) electrons. The van der Waals surface area contributed by atoms with E-state index in [-0.39, 0.29) is 10.5 Å². The summed E-state index contributed by atoms with van der Waals surface area (Å²) in [7, 11) is -3.80. The van der Waals surface area contributed by atoms with Gasteiger partial charge in [-0.1, -0.05) is 29.8 Å². The molecule has 4 aromatic rings. The number of aromatic nitrogens is 2. The maximum absolute atomic E-state index is 13.1. The summed E-state index contributed by atoms with van der Waals surface area (Å²) < 4.78 is 27.3. The van der Waals surface area contributed by atoms with Crippen molar-refractivity contribution in [3.63, 3.8) is 0 Å². The van der Waals surface area contributed by atoms with Crippen LogP contribution in [-0.2, 0) is 10.0 Å². The number of aryl methyl sites for hydroxylation is 1. The van der Waals surface area contributed by atoms with Gasteiger partial charge in [-0.2, -0.15) is 0 Å². The standard InChI is InChI=1S/C21H16N2O4S/c1-14-5-7-17(8-6-14)28(26,27)23-12-10-19-18(9-11-22-20(19)23)15-3-2-4-16(13-15)21(24)25/h2-13H,1H3,(H,24,25). The average molecular weight is 392 g/mol. The van der Waals surface area contributed by atoms with Gasteiger partial charge >= 0.3 is 5.97 Å². The minimum atomic E-state index is -3.80. The first kappa shape index (κ1) is 17.9. The molecule has 0 fully saturated rings. The van der Waals surface area contributed by atoms with Crippen LogP contribution in [0.5, 0.6) is 0 Å². The second-order valence-corrected chi connectivity index (χ2v) is 8.23. The molecule has 140 valence electrons. The van der Waals surface area contributed by atoms with E-state index in [1.54, 1.807) is 54.6 Å². The highest BCUT2D eigenvalue weighted by Gasteiger charge is 2.21. The Balaban J connectivity index is 1.89. The maximum Gasteiger partial charge on any atom is 0.335 e. The predicted octanol–water partition coefficient (Wildman–Crippen LogP) is 3.95. The number of carboxylic acids is 1. The van der Waals surface area contributed by atoms with Gasteiger partial charge in [-0.15, -0.1) is 0 Å². The largest absolute Gasteiger partial charge is 0.478 e. The molecule has 0 amide bonds. The Morgan fingerprint density at radius 1 is 1.04 bits per heavy atom. The summed E-state index contributed by atoms with van der Waals surface area (Å²) in [6, 6.07) is 16.6. The summed E-state index contributed by atoms with van der Waals surface area (Å²) in [6.45, 7) is 1.89. The third-order valence-corrected chi connectivity index (χ3v) is 6.23. The number of carboxylic acid groups (broad SMARTS) is 1. The van der Waals surface area contributed by atoms with Gasteiger partial charge in [0.15, 0.2) is 5.65 Å². The van der Waals surface area contributed by atoms with Crippen LogP contribution in [0.2, 0.25) is 0 Å². The lowest BCUT2D eigenvalue weighted by molar-refractivity contribution is 0.0697. The van der Waals surface area contributed by atoms with Crippen molar-refractivity contribution >= 4 is 27.0 Å². The van der Waals surface area contributed by atoms with Crippen LogP contribution in [0.1, 0.15) is 15.9 Å². The molecule has 0 bridgehead atoms. The van der Waals surface area contributed by atoms with E-state index in [0.717, 1.165) is 9.54 Å². The third-order valence-electron chi connectivity index (χ3n) is 4.55. The van der Waals surface area contributed by atoms with Gasteiger partial charge in [-0.05, 0) is 54.4 Å². The van der Waals surface area contributed by atoms with Gasteiger partial charge in [0.25, 0.3) is 10.0 Å². The maximum atomic E-state index is 13.1. The number of nitrogens with zero attached hydrogens (tertiary/aromatic N) is 2. The molecule has 0 saturated heterocycles. The topological polar surface area (TPSA) is 89.3 Å². The van der Waals surface area contributed by atoms with Gasteiger partial charge in [0.1, 0.15) is 0 Å². The molecular formula is C21H16N2O4S. The average Bonchev–Trinajstić information content (AvgIpc) is 3.13. The van der Waals surface area contributed by atoms with E-state index in [2.05, 4.69) is 4.98 Å². The van der Waals surface area contributed by atoms with Crippen molar-refractivity contribution in [3.8, 4) is 11.1 Å². The number of pyridine rings is 1. The number of hydrogen-bond donors (Lipinski definition) is 1. The van der Waals surface area contributed by atoms with Crippen molar-refractivity contribution in [2.24, 2.45) is 0 Å². The van der Waals surface area contributed by atoms with E-state index < -0.39 is 16.0 Å². The number of aromatic carboxylic acids is 1. The van der Waals surface area contributed by atoms with E-state index in [4.69, 9.17) is 0 Å². The third kappa shape index (κ3) is 2.95. The Morgan fingerprint density at radius 3 is 2.50 bits per heavy atom. The fourth-order valence-corrected chi connectivity index (χ4v) is 4.41. The summed E-state index contributed by atoms with van der Waals surface area (Å²) in [5.41, 5.74) is 2.81. The number of benzene rings is 2. The summed E-state index contributed by atoms with van der Waals surface area (Å²) in [5.74, 6) is -1.02. The van der Waals surface area contributed by atoms with E-state index in [9.17, 15) is 18.3 Å². The number of carbonyl (C=O) groups is 1. The summed E-state index contributed by atoms with van der Waals surface area (Å²) >= 11 is 0. The van der Waals surface area contributed by atoms with Crippen molar-refractivity contribution in [2.45, 2.75) is 11.8 Å². The zero-order valence-electron chi connectivity index (χ0n) is 14.9. The van der Waals surface area contributed by atoms with Crippen LogP contribution in [0.3, 0.4) is 0 Å². The molecule has 2 aromatic heterocycles. The van der Waals surface area contributed by atoms with Crippen LogP contribution < -0.4 is 0 Å². The molecule has 4 rings (SSSR count). The Kier molecular flexibility index (Phi) is 4.24. The Bertz CT molecular complexity index is 1310. The monoisotopic (exact) mass is 392 g/mol. The van der Waals surface area contributed by atoms with Gasteiger partial charge in [-0.25, -0.2) is 22.2 Å². The Hall–Kier alpha value is -3.45. The molecule has 2 aromatic carbocycles. The van der Waals surface area contributed by atoms with E-state index >= 15 is 0 Å². The van der Waals surface area contributed by atoms with Gasteiger partial charge < -0.3 is 5.11 Å². The fraction of sp³-hybridized carbons (Fsp3) is 0.0476. The second kappa shape index (κ2) is 6.61. The van der Waals surface area contributed by atoms with Gasteiger partial charge in [-0.3, -0.25) is 0 Å². The zero-order valence-corrected chi connectivity index (χ0v) is 15.7. The molecule has 0 aliphatic carbocycles. The zero-order chi connectivity index (χ0) is 19.9. The van der Waals surface area contributed by atoms with Crippen LogP contribution >= 0.6 is 0 Å². The minimum Gasteiger partial charge on any atom is -0.478 e. The molecule has 0 unspecified atom stereocenters. The highest BCUT2D eigenvalue weighted by atomic mass is 32.2. The van der Waals surface area contributed by atoms with Crippen LogP contribution in [-0.4, -0.2) is 28.5 Å². The first-order chi connectivity index (χ1) is 13.4. The van der Waals surface area contributed by atoms with E-state index in [1.807, 2.05) is 6.92 Å². The molecule has 6 nitrogen and oxygen atoms in total. The van der Waals surface area contributed by atoms with Gasteiger partial charge in [0.05, 0.1) is 10.5 Å². The molecule has 0 spiro atoms. The number of fused-ring (bicyclic) bond motifs is 1. The van der Waals surface area contributed by atoms with Crippen molar-refractivity contribution in [1.82, 2.24) is 8.96 Å². The van der Waals surface area contributed by atoms with Crippen LogP contribution in [0.25, 0.3) is 22.2 Å². The fourth-order valence-electron chi connectivity index (χ4n) is 3.10. The molecule has 1 N–H and O–H groups in total. The SMILES string of the molecule is Cc1ccc(S(=O)(=O)n2ccc3c(-c4cccc(C(=O)O)c4)ccnc32)cc1. The minimum absolute atomic E-state index is 0.161. The second-order valence-electron chi connectivity index (χ2n) is 6.41. The first-order valence-electron chi connectivity index (χ1n) is 8.50. The molecule has 7 heteroatoms. The lowest BCUT2D eigenvalue weighted by atomic mass is 10.0. The van der Waals surface area contributed by atoms with Crippen molar-refractivity contribution in [3.05, 3.63) is 84.2 Å². The lowest BCUT2D eigenvalue weighted by Crippen LogP contribution is -2.12. The van der Waals surface area contributed by atoms with Gasteiger partial charge in [0, 0.05) is 17.8 Å². The Morgan fingerprint density at radius 2 is 1.79 bits per heavy atom. The van der Waals surface area contributed by atoms with E-state index in [1.165, 1.54) is 18.5 Å². The van der Waals surface area contributed by atoms with Gasteiger partial charge in [0.2, 0.25) is 0 Å². The normalized spacial score (nSPS) is 11.6. The first-order valence-corrected chi connectivity index (χ1v) is 9.94. The number of hydrogen-bond acceptors (Lipinski definition) is 4. The molecule has 2 heterocycles. The molecule has 28 heavy (non-hydrogen) atoms. The highest BCUT2D eigenvalue weighted by Crippen LogP contribution is 2.30. The Labute approximate surface area is 161 Å². The smallest absolute Gasteiger partial charge is 0.335 e. The lowest BCUT2D eigenvalue weighted by Gasteiger charge is -2.09. The van der Waals surface area contributed by atoms with Crippen molar-refractivity contribution < 1.29 is 18.3 Å². The molecule has 0 saturated carbocycles. The van der Waals surface area contributed by atoms with E-state index in [0.29, 0.717) is 22.2 Å². The molecule has 0 aliphatic heterocycles.